The molecule has 4 aromatic rings. The lowest BCUT2D eigenvalue weighted by Gasteiger charge is -2.12. The summed E-state index contributed by atoms with van der Waals surface area (Å²) in [5, 5.41) is 11.8. The Bertz CT molecular complexity index is 1420. The standard InChI is InChI=1S/C23H22N6O5S/c1-33-16-9-7-15(8-10-16)29-19(11-14-12-20(30)26-22(32)24-14)27-28-23(29)35-13-21(31)25-17-5-3-4-6-18(17)34-2/h3-10,12H,11,13H2,1-2H3,(H,25,31)(H2,24,26,30,32). The van der Waals surface area contributed by atoms with E-state index in [0.29, 0.717) is 33.9 Å². The van der Waals surface area contributed by atoms with Gasteiger partial charge in [0.25, 0.3) is 5.56 Å². The molecule has 0 aliphatic rings. The smallest absolute Gasteiger partial charge is 0.325 e. The summed E-state index contributed by atoms with van der Waals surface area (Å²) in [6.45, 7) is 0. The first-order valence-electron chi connectivity index (χ1n) is 10.4. The van der Waals surface area contributed by atoms with Crippen molar-refractivity contribution in [3.63, 3.8) is 0 Å². The fourth-order valence-electron chi connectivity index (χ4n) is 3.35. The number of carbonyl (C=O) groups is 1. The minimum absolute atomic E-state index is 0.0637. The summed E-state index contributed by atoms with van der Waals surface area (Å²) < 4.78 is 12.3. The highest BCUT2D eigenvalue weighted by Gasteiger charge is 2.18. The van der Waals surface area contributed by atoms with Crippen LogP contribution in [0.15, 0.2) is 69.3 Å². The topological polar surface area (TPSA) is 144 Å². The van der Waals surface area contributed by atoms with E-state index in [9.17, 15) is 14.4 Å². The Morgan fingerprint density at radius 3 is 2.51 bits per heavy atom. The Morgan fingerprint density at radius 1 is 1.03 bits per heavy atom. The van der Waals surface area contributed by atoms with Crippen molar-refractivity contribution in [2.45, 2.75) is 11.6 Å². The van der Waals surface area contributed by atoms with Crippen LogP contribution in [0.2, 0.25) is 0 Å². The lowest BCUT2D eigenvalue weighted by molar-refractivity contribution is -0.113. The maximum absolute atomic E-state index is 12.6. The van der Waals surface area contributed by atoms with E-state index in [1.165, 1.54) is 24.9 Å². The van der Waals surface area contributed by atoms with Gasteiger partial charge in [-0.1, -0.05) is 23.9 Å². The number of nitrogens with one attached hydrogen (secondary N) is 3. The summed E-state index contributed by atoms with van der Waals surface area (Å²) in [5.74, 6) is 1.52. The molecule has 2 heterocycles. The third-order valence-electron chi connectivity index (χ3n) is 4.91. The normalized spacial score (nSPS) is 10.7. The van der Waals surface area contributed by atoms with Gasteiger partial charge in [0.1, 0.15) is 17.3 Å². The molecule has 0 saturated carbocycles. The third-order valence-corrected chi connectivity index (χ3v) is 5.84. The van der Waals surface area contributed by atoms with Gasteiger partial charge < -0.3 is 19.8 Å². The molecule has 0 unspecified atom stereocenters. The summed E-state index contributed by atoms with van der Waals surface area (Å²) in [7, 11) is 3.11. The summed E-state index contributed by atoms with van der Waals surface area (Å²) in [6.07, 6.45) is 0.145. The number of para-hydroxylation sites is 2. The van der Waals surface area contributed by atoms with E-state index in [0.717, 1.165) is 5.69 Å². The second kappa shape index (κ2) is 10.7. The molecular weight excluding hydrogens is 472 g/mol. The number of hydrogen-bond acceptors (Lipinski definition) is 8. The molecule has 0 saturated heterocycles. The molecule has 0 fully saturated rings. The van der Waals surface area contributed by atoms with Crippen molar-refractivity contribution in [2.24, 2.45) is 0 Å². The van der Waals surface area contributed by atoms with Crippen molar-refractivity contribution in [1.82, 2.24) is 24.7 Å². The molecule has 180 valence electrons. The maximum Gasteiger partial charge on any atom is 0.325 e. The van der Waals surface area contributed by atoms with Crippen LogP contribution < -0.4 is 26.0 Å². The number of anilines is 1. The van der Waals surface area contributed by atoms with E-state index in [-0.39, 0.29) is 18.1 Å². The number of methoxy groups -OCH3 is 2. The average Bonchev–Trinajstić information content (AvgIpc) is 3.24. The summed E-state index contributed by atoms with van der Waals surface area (Å²) >= 11 is 1.20. The van der Waals surface area contributed by atoms with E-state index < -0.39 is 11.2 Å². The lowest BCUT2D eigenvalue weighted by Crippen LogP contribution is -2.23. The van der Waals surface area contributed by atoms with Crippen molar-refractivity contribution >= 4 is 23.4 Å². The van der Waals surface area contributed by atoms with Crippen LogP contribution in [0.3, 0.4) is 0 Å². The molecule has 0 aliphatic carbocycles. The number of rotatable bonds is 9. The summed E-state index contributed by atoms with van der Waals surface area (Å²) in [4.78, 5) is 40.8. The molecule has 0 atom stereocenters. The number of carbonyl (C=O) groups excluding carboxylic acids is 1. The largest absolute Gasteiger partial charge is 0.497 e. The van der Waals surface area contributed by atoms with Gasteiger partial charge in [-0.25, -0.2) is 4.79 Å². The van der Waals surface area contributed by atoms with E-state index >= 15 is 0 Å². The van der Waals surface area contributed by atoms with E-state index in [4.69, 9.17) is 9.47 Å². The highest BCUT2D eigenvalue weighted by molar-refractivity contribution is 7.99. The van der Waals surface area contributed by atoms with Gasteiger partial charge in [-0.15, -0.1) is 10.2 Å². The molecule has 2 aromatic heterocycles. The first-order chi connectivity index (χ1) is 17.0. The zero-order chi connectivity index (χ0) is 24.8. The van der Waals surface area contributed by atoms with E-state index in [1.54, 1.807) is 42.0 Å². The zero-order valence-electron chi connectivity index (χ0n) is 18.9. The molecule has 12 heteroatoms. The number of hydrogen-bond donors (Lipinski definition) is 3. The molecule has 1 amide bonds. The van der Waals surface area contributed by atoms with Crippen LogP contribution in [0, 0.1) is 0 Å². The van der Waals surface area contributed by atoms with Crippen LogP contribution in [0.1, 0.15) is 11.5 Å². The summed E-state index contributed by atoms with van der Waals surface area (Å²) in [6, 6.07) is 15.6. The quantitative estimate of drug-likeness (QED) is 0.300. The maximum atomic E-state index is 12.6. The van der Waals surface area contributed by atoms with Crippen LogP contribution >= 0.6 is 11.8 Å². The number of ether oxygens (including phenoxy) is 2. The number of H-pyrrole nitrogens is 2. The van der Waals surface area contributed by atoms with Crippen molar-refractivity contribution in [2.75, 3.05) is 25.3 Å². The molecule has 0 aliphatic heterocycles. The Balaban J connectivity index is 1.60. The van der Waals surface area contributed by atoms with Gasteiger partial charge in [0.2, 0.25) is 5.91 Å². The Morgan fingerprint density at radius 2 is 1.80 bits per heavy atom. The zero-order valence-corrected chi connectivity index (χ0v) is 19.7. The average molecular weight is 495 g/mol. The molecule has 0 radical (unpaired) electrons. The van der Waals surface area contributed by atoms with Crippen LogP contribution in [-0.4, -0.2) is 50.6 Å². The third kappa shape index (κ3) is 5.79. The molecule has 2 aromatic carbocycles. The van der Waals surface area contributed by atoms with Crippen LogP contribution in [-0.2, 0) is 11.2 Å². The number of nitrogens with zero attached hydrogens (tertiary/aromatic N) is 3. The van der Waals surface area contributed by atoms with Gasteiger partial charge in [0, 0.05) is 23.9 Å². The SMILES string of the molecule is COc1ccc(-n2c(Cc3cc(=O)[nH]c(=O)[nH]3)nnc2SCC(=O)Nc2ccccc2OC)cc1. The summed E-state index contributed by atoms with van der Waals surface area (Å²) in [5.41, 5.74) is 0.556. The number of amides is 1. The van der Waals surface area contributed by atoms with Gasteiger partial charge in [-0.05, 0) is 36.4 Å². The highest BCUT2D eigenvalue weighted by Crippen LogP contribution is 2.26. The minimum Gasteiger partial charge on any atom is -0.497 e. The van der Waals surface area contributed by atoms with Gasteiger partial charge in [0.15, 0.2) is 5.16 Å². The van der Waals surface area contributed by atoms with Crippen molar-refractivity contribution < 1.29 is 14.3 Å². The van der Waals surface area contributed by atoms with Crippen molar-refractivity contribution in [3.05, 3.63) is 87.0 Å². The molecule has 0 spiro atoms. The monoisotopic (exact) mass is 494 g/mol. The Labute approximate surface area is 203 Å². The molecule has 0 bridgehead atoms. The number of aromatic amines is 2. The van der Waals surface area contributed by atoms with E-state index in [2.05, 4.69) is 25.5 Å². The van der Waals surface area contributed by atoms with Crippen molar-refractivity contribution in [3.8, 4) is 17.2 Å². The Kier molecular flexibility index (Phi) is 7.31. The van der Waals surface area contributed by atoms with Gasteiger partial charge >= 0.3 is 5.69 Å². The fourth-order valence-corrected chi connectivity index (χ4v) is 4.12. The molecule has 3 N–H and O–H groups in total. The fraction of sp³-hybridized carbons (Fsp3) is 0.174. The lowest BCUT2D eigenvalue weighted by atomic mass is 10.2. The van der Waals surface area contributed by atoms with Crippen LogP contribution in [0.4, 0.5) is 5.69 Å². The molecule has 35 heavy (non-hydrogen) atoms. The van der Waals surface area contributed by atoms with Crippen molar-refractivity contribution in [1.29, 1.82) is 0 Å². The van der Waals surface area contributed by atoms with E-state index in [1.807, 2.05) is 18.2 Å². The predicted octanol–water partition coefficient (Wildman–Crippen LogP) is 1.98. The van der Waals surface area contributed by atoms with Gasteiger partial charge in [-0.3, -0.25) is 19.1 Å². The second-order valence-corrected chi connectivity index (χ2v) is 8.20. The molecule has 11 nitrogen and oxygen atoms in total. The van der Waals surface area contributed by atoms with Gasteiger partial charge in [0.05, 0.1) is 25.7 Å². The number of benzene rings is 2. The minimum atomic E-state index is -0.606. The molecule has 4 rings (SSSR count). The van der Waals surface area contributed by atoms with Gasteiger partial charge in [-0.2, -0.15) is 0 Å². The number of aromatic nitrogens is 5. The van der Waals surface area contributed by atoms with Crippen LogP contribution in [0.25, 0.3) is 5.69 Å². The predicted molar refractivity (Wildman–Crippen MR) is 131 cm³/mol. The molecular formula is C23H22N6O5S. The first kappa shape index (κ1) is 23.8. The second-order valence-electron chi connectivity index (χ2n) is 7.26. The first-order valence-corrected chi connectivity index (χ1v) is 11.4. The van der Waals surface area contributed by atoms with Crippen LogP contribution in [0.5, 0.6) is 11.5 Å². The Hall–Kier alpha value is -4.32. The number of thioether (sulfide) groups is 1. The highest BCUT2D eigenvalue weighted by atomic mass is 32.2.